The van der Waals surface area contributed by atoms with E-state index in [0.717, 1.165) is 5.69 Å². The lowest BCUT2D eigenvalue weighted by atomic mass is 10.2. The number of H-pyrrole nitrogens is 1. The largest absolute Gasteiger partial charge is 0.291 e. The summed E-state index contributed by atoms with van der Waals surface area (Å²) in [5.41, 5.74) is 1.85. The molecule has 2 heterocycles. The minimum absolute atomic E-state index is 0.265. The molecule has 0 spiro atoms. The lowest BCUT2D eigenvalue weighted by Crippen LogP contribution is -2.15. The fourth-order valence-corrected chi connectivity index (χ4v) is 2.15. The number of benzene rings is 1. The van der Waals surface area contributed by atoms with E-state index in [0.29, 0.717) is 17.7 Å². The molecular weight excluding hydrogens is 287 g/mol. The van der Waals surface area contributed by atoms with Crippen molar-refractivity contribution >= 4 is 11.9 Å². The van der Waals surface area contributed by atoms with Gasteiger partial charge in [0.05, 0.1) is 23.1 Å². The maximum atomic E-state index is 13.0. The summed E-state index contributed by atoms with van der Waals surface area (Å²) >= 11 is 0. The Hall–Kier alpha value is -3.03. The number of aromatic nitrogens is 5. The molecule has 8 heteroatoms. The van der Waals surface area contributed by atoms with Gasteiger partial charge in [0.2, 0.25) is 5.95 Å². The fraction of sp³-hybridized carbons (Fsp3) is 0.143. The van der Waals surface area contributed by atoms with Crippen LogP contribution in [-0.4, -0.2) is 30.9 Å². The smallest absolute Gasteiger partial charge is 0.261 e. The van der Waals surface area contributed by atoms with Crippen LogP contribution < -0.4 is 5.32 Å². The quantitative estimate of drug-likeness (QED) is 0.770. The highest BCUT2D eigenvalue weighted by atomic mass is 19.1. The monoisotopic (exact) mass is 300 g/mol. The van der Waals surface area contributed by atoms with Gasteiger partial charge in [-0.3, -0.25) is 10.1 Å². The molecule has 0 saturated carbocycles. The molecule has 22 heavy (non-hydrogen) atoms. The molecule has 1 amide bonds. The van der Waals surface area contributed by atoms with Crippen LogP contribution >= 0.6 is 0 Å². The highest BCUT2D eigenvalue weighted by Crippen LogP contribution is 2.17. The Kier molecular flexibility index (Phi) is 3.65. The van der Waals surface area contributed by atoms with Gasteiger partial charge >= 0.3 is 0 Å². The predicted octanol–water partition coefficient (Wildman–Crippen LogP) is 1.94. The van der Waals surface area contributed by atoms with Crippen molar-refractivity contribution in [2.24, 2.45) is 0 Å². The first-order valence-corrected chi connectivity index (χ1v) is 6.68. The molecule has 0 aliphatic carbocycles. The van der Waals surface area contributed by atoms with Crippen LogP contribution in [0.4, 0.5) is 10.3 Å². The van der Waals surface area contributed by atoms with Crippen LogP contribution in [0.5, 0.6) is 0 Å². The minimum Gasteiger partial charge on any atom is -0.291 e. The van der Waals surface area contributed by atoms with Gasteiger partial charge in [-0.05, 0) is 30.7 Å². The van der Waals surface area contributed by atoms with Crippen molar-refractivity contribution in [3.05, 3.63) is 53.9 Å². The van der Waals surface area contributed by atoms with E-state index in [1.165, 1.54) is 24.7 Å². The SMILES string of the molecule is CCc1c(C(=O)Nc2ncn[nH]2)cnn1-c1ccc(F)cc1. The second-order valence-electron chi connectivity index (χ2n) is 4.53. The third-order valence-electron chi connectivity index (χ3n) is 3.17. The molecular formula is C14H13FN6O. The lowest BCUT2D eigenvalue weighted by molar-refractivity contribution is 0.102. The van der Waals surface area contributed by atoms with Crippen LogP contribution in [0.2, 0.25) is 0 Å². The van der Waals surface area contributed by atoms with Crippen molar-refractivity contribution in [1.29, 1.82) is 0 Å². The van der Waals surface area contributed by atoms with Gasteiger partial charge < -0.3 is 0 Å². The second kappa shape index (κ2) is 5.76. The number of nitrogens with one attached hydrogen (secondary N) is 2. The number of hydrogen-bond donors (Lipinski definition) is 2. The van der Waals surface area contributed by atoms with Gasteiger partial charge in [0.25, 0.3) is 5.91 Å². The standard InChI is InChI=1S/C14H13FN6O/c1-2-12-11(13(22)19-14-16-8-17-20-14)7-18-21(12)10-5-3-9(15)4-6-10/h3-8H,2H2,1H3,(H2,16,17,19,20,22). The van der Waals surface area contributed by atoms with Crippen LogP contribution in [0.25, 0.3) is 5.69 Å². The van der Waals surface area contributed by atoms with Crippen molar-refractivity contribution in [2.75, 3.05) is 5.32 Å². The van der Waals surface area contributed by atoms with E-state index in [9.17, 15) is 9.18 Å². The molecule has 2 N–H and O–H groups in total. The summed E-state index contributed by atoms with van der Waals surface area (Å²) < 4.78 is 14.6. The van der Waals surface area contributed by atoms with Gasteiger partial charge in [0, 0.05) is 0 Å². The zero-order valence-corrected chi connectivity index (χ0v) is 11.7. The molecule has 3 rings (SSSR count). The Labute approximate surface area is 125 Å². The Balaban J connectivity index is 1.93. The molecule has 0 aliphatic rings. The van der Waals surface area contributed by atoms with E-state index in [2.05, 4.69) is 25.6 Å². The number of carbonyl (C=O) groups is 1. The fourth-order valence-electron chi connectivity index (χ4n) is 2.15. The average molecular weight is 300 g/mol. The number of carbonyl (C=O) groups excluding carboxylic acids is 1. The summed E-state index contributed by atoms with van der Waals surface area (Å²) in [6.45, 7) is 1.92. The maximum absolute atomic E-state index is 13.0. The average Bonchev–Trinajstić information content (AvgIpc) is 3.16. The molecule has 0 saturated heterocycles. The van der Waals surface area contributed by atoms with Crippen molar-refractivity contribution in [3.63, 3.8) is 0 Å². The van der Waals surface area contributed by atoms with Crippen molar-refractivity contribution < 1.29 is 9.18 Å². The van der Waals surface area contributed by atoms with E-state index in [1.54, 1.807) is 16.8 Å². The van der Waals surface area contributed by atoms with Crippen molar-refractivity contribution in [1.82, 2.24) is 25.0 Å². The normalized spacial score (nSPS) is 10.6. The molecule has 0 aliphatic heterocycles. The number of nitrogens with zero attached hydrogens (tertiary/aromatic N) is 4. The molecule has 112 valence electrons. The summed E-state index contributed by atoms with van der Waals surface area (Å²) in [5.74, 6) is -0.388. The number of amides is 1. The molecule has 0 unspecified atom stereocenters. The number of aromatic amines is 1. The van der Waals surface area contributed by atoms with Gasteiger partial charge in [0.1, 0.15) is 12.1 Å². The molecule has 0 bridgehead atoms. The van der Waals surface area contributed by atoms with Gasteiger partial charge in [-0.2, -0.15) is 15.2 Å². The summed E-state index contributed by atoms with van der Waals surface area (Å²) in [7, 11) is 0. The Morgan fingerprint density at radius 2 is 2.14 bits per heavy atom. The Morgan fingerprint density at radius 1 is 1.36 bits per heavy atom. The van der Waals surface area contributed by atoms with Crippen LogP contribution in [-0.2, 0) is 6.42 Å². The molecule has 7 nitrogen and oxygen atoms in total. The molecule has 3 aromatic rings. The number of rotatable bonds is 4. The van der Waals surface area contributed by atoms with E-state index in [4.69, 9.17) is 0 Å². The van der Waals surface area contributed by atoms with Gasteiger partial charge in [-0.25, -0.2) is 14.2 Å². The Bertz CT molecular complexity index is 778. The maximum Gasteiger partial charge on any atom is 0.261 e. The van der Waals surface area contributed by atoms with Crippen LogP contribution in [0.1, 0.15) is 23.0 Å². The third kappa shape index (κ3) is 2.58. The Morgan fingerprint density at radius 3 is 2.77 bits per heavy atom. The number of anilines is 1. The molecule has 2 aromatic heterocycles. The number of hydrogen-bond acceptors (Lipinski definition) is 4. The van der Waals surface area contributed by atoms with E-state index < -0.39 is 0 Å². The minimum atomic E-state index is -0.332. The summed E-state index contributed by atoms with van der Waals surface area (Å²) in [5, 5.41) is 13.1. The summed E-state index contributed by atoms with van der Waals surface area (Å²) in [6.07, 6.45) is 3.38. The van der Waals surface area contributed by atoms with Crippen molar-refractivity contribution in [2.45, 2.75) is 13.3 Å². The molecule has 1 aromatic carbocycles. The second-order valence-corrected chi connectivity index (χ2v) is 4.53. The van der Waals surface area contributed by atoms with Gasteiger partial charge in [-0.1, -0.05) is 6.92 Å². The summed E-state index contributed by atoms with van der Waals surface area (Å²) in [6, 6.07) is 5.93. The van der Waals surface area contributed by atoms with Crippen LogP contribution in [0.3, 0.4) is 0 Å². The van der Waals surface area contributed by atoms with Crippen LogP contribution in [0, 0.1) is 5.82 Å². The van der Waals surface area contributed by atoms with Gasteiger partial charge in [-0.15, -0.1) is 0 Å². The van der Waals surface area contributed by atoms with E-state index in [-0.39, 0.29) is 17.7 Å². The zero-order chi connectivity index (χ0) is 15.5. The highest BCUT2D eigenvalue weighted by molar-refractivity contribution is 6.04. The summed E-state index contributed by atoms with van der Waals surface area (Å²) in [4.78, 5) is 16.1. The predicted molar refractivity (Wildman–Crippen MR) is 77.2 cm³/mol. The topological polar surface area (TPSA) is 88.5 Å². The molecule has 0 fully saturated rings. The molecule has 0 radical (unpaired) electrons. The number of halogens is 1. The molecule has 0 atom stereocenters. The zero-order valence-electron chi connectivity index (χ0n) is 11.7. The first-order chi connectivity index (χ1) is 10.7. The first kappa shape index (κ1) is 13.9. The van der Waals surface area contributed by atoms with Gasteiger partial charge in [0.15, 0.2) is 0 Å². The highest BCUT2D eigenvalue weighted by Gasteiger charge is 2.18. The van der Waals surface area contributed by atoms with Crippen molar-refractivity contribution in [3.8, 4) is 5.69 Å². The van der Waals surface area contributed by atoms with E-state index in [1.807, 2.05) is 6.92 Å². The lowest BCUT2D eigenvalue weighted by Gasteiger charge is -2.07. The van der Waals surface area contributed by atoms with Crippen LogP contribution in [0.15, 0.2) is 36.8 Å². The van der Waals surface area contributed by atoms with E-state index >= 15 is 0 Å². The third-order valence-corrected chi connectivity index (χ3v) is 3.17. The first-order valence-electron chi connectivity index (χ1n) is 6.68.